The Kier molecular flexibility index (Phi) is 6.25. The van der Waals surface area contributed by atoms with E-state index in [0.29, 0.717) is 27.2 Å². The summed E-state index contributed by atoms with van der Waals surface area (Å²) in [6.07, 6.45) is 0.749. The van der Waals surface area contributed by atoms with Gasteiger partial charge in [0.2, 0.25) is 0 Å². The molecule has 4 rings (SSSR count). The van der Waals surface area contributed by atoms with Crippen molar-refractivity contribution in [3.8, 4) is 0 Å². The number of nitrogens with one attached hydrogen (secondary N) is 1. The topological polar surface area (TPSA) is 41.5 Å². The van der Waals surface area contributed by atoms with Gasteiger partial charge in [0.1, 0.15) is 0 Å². The monoisotopic (exact) mass is 530 g/mol. The van der Waals surface area contributed by atoms with E-state index in [1.807, 2.05) is 42.1 Å². The Morgan fingerprint density at radius 1 is 1.21 bits per heavy atom. The minimum atomic E-state index is -0.211. The molecule has 1 atom stereocenters. The van der Waals surface area contributed by atoms with Gasteiger partial charge in [-0.05, 0) is 51.3 Å². The summed E-state index contributed by atoms with van der Waals surface area (Å²) in [6.45, 7) is 2.78. The Morgan fingerprint density at radius 2 is 1.90 bits per heavy atom. The molecular formula is C21H18BrCl3N2OS. The number of carbonyl (C=O) groups is 1. The molecule has 2 aromatic rings. The highest BCUT2D eigenvalue weighted by atomic mass is 79.9. The van der Waals surface area contributed by atoms with Gasteiger partial charge >= 0.3 is 0 Å². The number of aliphatic imine (C=N–C) groups is 1. The lowest BCUT2D eigenvalue weighted by Crippen LogP contribution is -2.43. The summed E-state index contributed by atoms with van der Waals surface area (Å²) in [5.74, 6) is 1.92. The van der Waals surface area contributed by atoms with Crippen LogP contribution in [0.1, 0.15) is 34.8 Å². The van der Waals surface area contributed by atoms with Crippen molar-refractivity contribution in [2.45, 2.75) is 24.8 Å². The molecular weight excluding hydrogens is 515 g/mol. The summed E-state index contributed by atoms with van der Waals surface area (Å²) in [5, 5.41) is 4.33. The summed E-state index contributed by atoms with van der Waals surface area (Å²) < 4.78 is 0.772. The highest BCUT2D eigenvalue weighted by Gasteiger charge is 2.34. The standard InChI is InChI=1S/C21H18BrCl3N2OS/c1-21(12-5-16(23)19(25)17(24)6-12)7-18(26-10-21)11-2-3-14(15(22)4-11)20(28)27-13-8-29-9-13/h2-6,13H,7-10H2,1H3,(H,27,28). The van der Waals surface area contributed by atoms with E-state index in [1.54, 1.807) is 0 Å². The molecule has 1 saturated heterocycles. The second-order valence-corrected chi connectivity index (χ2v) is 10.8. The maximum absolute atomic E-state index is 12.5. The van der Waals surface area contributed by atoms with Crippen LogP contribution in [0.25, 0.3) is 0 Å². The minimum Gasteiger partial charge on any atom is -0.348 e. The van der Waals surface area contributed by atoms with Crippen molar-refractivity contribution in [2.75, 3.05) is 18.1 Å². The van der Waals surface area contributed by atoms with Crippen LogP contribution in [0.4, 0.5) is 0 Å². The first-order valence-electron chi connectivity index (χ1n) is 9.14. The number of halogens is 4. The first kappa shape index (κ1) is 21.5. The molecule has 0 aliphatic carbocycles. The zero-order chi connectivity index (χ0) is 20.8. The number of hydrogen-bond donors (Lipinski definition) is 1. The number of rotatable bonds is 4. The predicted octanol–water partition coefficient (Wildman–Crippen LogP) is 6.41. The smallest absolute Gasteiger partial charge is 0.252 e. The number of amides is 1. The van der Waals surface area contributed by atoms with E-state index >= 15 is 0 Å². The van der Waals surface area contributed by atoms with Gasteiger partial charge in [0.15, 0.2) is 0 Å². The van der Waals surface area contributed by atoms with Crippen LogP contribution in [-0.4, -0.2) is 35.7 Å². The summed E-state index contributed by atoms with van der Waals surface area (Å²) in [7, 11) is 0. The molecule has 2 aliphatic heterocycles. The fourth-order valence-corrected chi connectivity index (χ4v) is 5.30. The Bertz CT molecular complexity index is 1000. The normalized spacial score (nSPS) is 21.6. The van der Waals surface area contributed by atoms with Crippen LogP contribution in [-0.2, 0) is 5.41 Å². The van der Waals surface area contributed by atoms with Gasteiger partial charge in [-0.15, -0.1) is 0 Å². The lowest BCUT2D eigenvalue weighted by molar-refractivity contribution is 0.0942. The first-order valence-corrected chi connectivity index (χ1v) is 12.2. The van der Waals surface area contributed by atoms with Gasteiger partial charge < -0.3 is 5.32 Å². The highest BCUT2D eigenvalue weighted by Crippen LogP contribution is 2.40. The van der Waals surface area contributed by atoms with Crippen LogP contribution in [0, 0.1) is 0 Å². The minimum absolute atomic E-state index is 0.0441. The SMILES string of the molecule is CC1(c2cc(Cl)c(Cl)c(Cl)c2)CN=C(c2ccc(C(=O)NC3CSC3)c(Br)c2)C1. The molecule has 0 aromatic heterocycles. The number of carbonyl (C=O) groups excluding carboxylic acids is 1. The molecule has 0 saturated carbocycles. The van der Waals surface area contributed by atoms with Crippen molar-refractivity contribution < 1.29 is 4.79 Å². The fourth-order valence-electron chi connectivity index (χ4n) is 3.50. The molecule has 3 nitrogen and oxygen atoms in total. The zero-order valence-corrected chi connectivity index (χ0v) is 20.2. The largest absolute Gasteiger partial charge is 0.348 e. The third-order valence-corrected chi connectivity index (χ3v) is 8.51. The van der Waals surface area contributed by atoms with Gasteiger partial charge in [0.05, 0.1) is 20.6 Å². The Hall–Kier alpha value is -0.720. The van der Waals surface area contributed by atoms with Crippen LogP contribution in [0.15, 0.2) is 39.8 Å². The van der Waals surface area contributed by atoms with E-state index < -0.39 is 0 Å². The molecule has 1 amide bonds. The number of benzene rings is 2. The summed E-state index contributed by atoms with van der Waals surface area (Å²) in [4.78, 5) is 17.2. The molecule has 1 fully saturated rings. The van der Waals surface area contributed by atoms with Crippen LogP contribution < -0.4 is 5.32 Å². The zero-order valence-electron chi connectivity index (χ0n) is 15.6. The molecule has 152 valence electrons. The predicted molar refractivity (Wildman–Crippen MR) is 128 cm³/mol. The highest BCUT2D eigenvalue weighted by molar-refractivity contribution is 9.10. The maximum atomic E-state index is 12.5. The number of thioether (sulfide) groups is 1. The molecule has 0 spiro atoms. The molecule has 29 heavy (non-hydrogen) atoms. The van der Waals surface area contributed by atoms with Crippen molar-refractivity contribution in [3.05, 3.63) is 66.6 Å². The average molecular weight is 533 g/mol. The van der Waals surface area contributed by atoms with Crippen molar-refractivity contribution in [1.29, 1.82) is 0 Å². The third-order valence-electron chi connectivity index (χ3n) is 5.38. The third kappa shape index (κ3) is 4.35. The fraction of sp³-hybridized carbons (Fsp3) is 0.333. The van der Waals surface area contributed by atoms with Gasteiger partial charge in [0.25, 0.3) is 5.91 Å². The maximum Gasteiger partial charge on any atom is 0.252 e. The molecule has 0 bridgehead atoms. The second kappa shape index (κ2) is 8.43. The van der Waals surface area contributed by atoms with Crippen molar-refractivity contribution >= 4 is 74.1 Å². The van der Waals surface area contributed by atoms with Crippen molar-refractivity contribution in [2.24, 2.45) is 4.99 Å². The quantitative estimate of drug-likeness (QED) is 0.463. The van der Waals surface area contributed by atoms with Crippen LogP contribution in [0.5, 0.6) is 0 Å². The molecule has 1 N–H and O–H groups in total. The van der Waals surface area contributed by atoms with E-state index in [1.165, 1.54) is 0 Å². The van der Waals surface area contributed by atoms with E-state index in [2.05, 4.69) is 28.2 Å². The lowest BCUT2D eigenvalue weighted by Gasteiger charge is -2.26. The molecule has 0 radical (unpaired) electrons. The van der Waals surface area contributed by atoms with Crippen LogP contribution in [0.3, 0.4) is 0 Å². The Labute approximate surface area is 197 Å². The number of hydrogen-bond acceptors (Lipinski definition) is 3. The lowest BCUT2D eigenvalue weighted by atomic mass is 9.79. The van der Waals surface area contributed by atoms with Gasteiger partial charge in [-0.3, -0.25) is 9.79 Å². The Balaban J connectivity index is 1.52. The molecule has 2 heterocycles. The van der Waals surface area contributed by atoms with E-state index in [4.69, 9.17) is 39.8 Å². The molecule has 2 aromatic carbocycles. The van der Waals surface area contributed by atoms with Crippen LogP contribution >= 0.6 is 62.5 Å². The Morgan fingerprint density at radius 3 is 2.48 bits per heavy atom. The van der Waals surface area contributed by atoms with Gasteiger partial charge in [-0.2, -0.15) is 11.8 Å². The molecule has 8 heteroatoms. The van der Waals surface area contributed by atoms with Gasteiger partial charge in [0, 0.05) is 46.1 Å². The summed E-state index contributed by atoms with van der Waals surface area (Å²) in [6, 6.07) is 9.80. The van der Waals surface area contributed by atoms with E-state index in [-0.39, 0.29) is 17.4 Å². The van der Waals surface area contributed by atoms with Gasteiger partial charge in [-0.1, -0.05) is 47.8 Å². The van der Waals surface area contributed by atoms with Crippen LogP contribution in [0.2, 0.25) is 15.1 Å². The number of nitrogens with zero attached hydrogens (tertiary/aromatic N) is 1. The van der Waals surface area contributed by atoms with Crippen molar-refractivity contribution in [3.63, 3.8) is 0 Å². The second-order valence-electron chi connectivity index (χ2n) is 7.66. The summed E-state index contributed by atoms with van der Waals surface area (Å²) >= 11 is 24.0. The average Bonchev–Trinajstić information content (AvgIpc) is 3.05. The first-order chi connectivity index (χ1) is 13.8. The van der Waals surface area contributed by atoms with E-state index in [9.17, 15) is 4.79 Å². The summed E-state index contributed by atoms with van der Waals surface area (Å²) in [5.41, 5.74) is 3.45. The molecule has 1 unspecified atom stereocenters. The molecule has 2 aliphatic rings. The van der Waals surface area contributed by atoms with Gasteiger partial charge in [-0.25, -0.2) is 0 Å². The van der Waals surface area contributed by atoms with E-state index in [0.717, 1.165) is 39.2 Å². The van der Waals surface area contributed by atoms with Crippen molar-refractivity contribution in [1.82, 2.24) is 5.32 Å².